The first-order valence-electron chi connectivity index (χ1n) is 8.25. The Labute approximate surface area is 132 Å². The molecule has 1 fully saturated rings. The minimum absolute atomic E-state index is 0.118. The Balaban J connectivity index is 1.71. The fourth-order valence-electron chi connectivity index (χ4n) is 3.21. The first kappa shape index (κ1) is 15.3. The Kier molecular flexibility index (Phi) is 4.90. The second kappa shape index (κ2) is 7.07. The molecule has 2 aromatic rings. The first-order valence-corrected chi connectivity index (χ1v) is 8.25. The lowest BCUT2D eigenvalue weighted by Crippen LogP contribution is -2.32. The second-order valence-corrected chi connectivity index (χ2v) is 6.11. The molecule has 0 amide bonds. The maximum atomic E-state index is 8.96. The van der Waals surface area contributed by atoms with E-state index in [1.54, 1.807) is 4.68 Å². The Morgan fingerprint density at radius 2 is 1.82 bits per heavy atom. The predicted octanol–water partition coefficient (Wildman–Crippen LogP) is 3.09. The standard InChI is InChI=1S/C18H25N3O/c1-15(20-9-3-2-4-10-20)16-5-7-17(8-6-16)18-13-19-21(14-18)11-12-22/h5-8,13-15,22H,2-4,9-12H2,1H3/t15-/m0/s1. The average Bonchev–Trinajstić information content (AvgIpc) is 3.04. The van der Waals surface area contributed by atoms with Crippen LogP contribution in [0.4, 0.5) is 0 Å². The van der Waals surface area contributed by atoms with Crippen LogP contribution in [0.3, 0.4) is 0 Å². The summed E-state index contributed by atoms with van der Waals surface area (Å²) in [5.74, 6) is 0. The second-order valence-electron chi connectivity index (χ2n) is 6.11. The summed E-state index contributed by atoms with van der Waals surface area (Å²) in [6.07, 6.45) is 7.87. The summed E-state index contributed by atoms with van der Waals surface area (Å²) in [7, 11) is 0. The highest BCUT2D eigenvalue weighted by Gasteiger charge is 2.17. The molecule has 0 unspecified atom stereocenters. The lowest BCUT2D eigenvalue weighted by molar-refractivity contribution is 0.175. The summed E-state index contributed by atoms with van der Waals surface area (Å²) in [6.45, 7) is 5.41. The molecule has 118 valence electrons. The number of aromatic nitrogens is 2. The zero-order valence-corrected chi connectivity index (χ0v) is 13.3. The summed E-state index contributed by atoms with van der Waals surface area (Å²) in [4.78, 5) is 2.58. The smallest absolute Gasteiger partial charge is 0.0641 e. The van der Waals surface area contributed by atoms with E-state index in [9.17, 15) is 0 Å². The van der Waals surface area contributed by atoms with Crippen LogP contribution in [0.2, 0.25) is 0 Å². The van der Waals surface area contributed by atoms with Gasteiger partial charge in [0, 0.05) is 17.8 Å². The SMILES string of the molecule is C[C@@H](c1ccc(-c2cnn(CCO)c2)cc1)N1CCCCC1. The van der Waals surface area contributed by atoms with Crippen molar-refractivity contribution in [3.8, 4) is 11.1 Å². The van der Waals surface area contributed by atoms with Gasteiger partial charge in [0.2, 0.25) is 0 Å². The molecule has 2 heterocycles. The number of aliphatic hydroxyl groups excluding tert-OH is 1. The molecule has 1 N–H and O–H groups in total. The van der Waals surface area contributed by atoms with Crippen molar-refractivity contribution in [1.82, 2.24) is 14.7 Å². The molecule has 1 saturated heterocycles. The van der Waals surface area contributed by atoms with E-state index in [-0.39, 0.29) is 6.61 Å². The van der Waals surface area contributed by atoms with Crippen LogP contribution in [-0.2, 0) is 6.54 Å². The molecule has 1 aromatic heterocycles. The largest absolute Gasteiger partial charge is 0.394 e. The van der Waals surface area contributed by atoms with Gasteiger partial charge in [-0.25, -0.2) is 0 Å². The minimum atomic E-state index is 0.118. The zero-order valence-electron chi connectivity index (χ0n) is 13.3. The first-order chi connectivity index (χ1) is 10.8. The van der Waals surface area contributed by atoms with Gasteiger partial charge in [-0.1, -0.05) is 30.7 Å². The predicted molar refractivity (Wildman–Crippen MR) is 88.6 cm³/mol. The van der Waals surface area contributed by atoms with Crippen molar-refractivity contribution in [2.45, 2.75) is 38.8 Å². The monoisotopic (exact) mass is 299 g/mol. The van der Waals surface area contributed by atoms with E-state index in [0.717, 1.165) is 5.56 Å². The van der Waals surface area contributed by atoms with Gasteiger partial charge < -0.3 is 5.11 Å². The molecule has 22 heavy (non-hydrogen) atoms. The zero-order chi connectivity index (χ0) is 15.4. The number of benzene rings is 1. The van der Waals surface area contributed by atoms with Crippen molar-refractivity contribution in [1.29, 1.82) is 0 Å². The topological polar surface area (TPSA) is 41.3 Å². The highest BCUT2D eigenvalue weighted by molar-refractivity contribution is 5.62. The highest BCUT2D eigenvalue weighted by Crippen LogP contribution is 2.26. The molecule has 4 heteroatoms. The minimum Gasteiger partial charge on any atom is -0.394 e. The van der Waals surface area contributed by atoms with Crippen LogP contribution in [0.15, 0.2) is 36.7 Å². The molecule has 4 nitrogen and oxygen atoms in total. The lowest BCUT2D eigenvalue weighted by atomic mass is 10.0. The van der Waals surface area contributed by atoms with Crippen molar-refractivity contribution in [2.75, 3.05) is 19.7 Å². The molecule has 0 saturated carbocycles. The van der Waals surface area contributed by atoms with E-state index < -0.39 is 0 Å². The Morgan fingerprint density at radius 1 is 1.09 bits per heavy atom. The van der Waals surface area contributed by atoms with Crippen LogP contribution < -0.4 is 0 Å². The van der Waals surface area contributed by atoms with Crippen molar-refractivity contribution in [3.05, 3.63) is 42.2 Å². The number of nitrogens with zero attached hydrogens (tertiary/aromatic N) is 3. The summed E-state index contributed by atoms with van der Waals surface area (Å²) in [5, 5.41) is 13.2. The van der Waals surface area contributed by atoms with Crippen molar-refractivity contribution >= 4 is 0 Å². The molecule has 0 bridgehead atoms. The van der Waals surface area contributed by atoms with Gasteiger partial charge in [0.25, 0.3) is 0 Å². The summed E-state index contributed by atoms with van der Waals surface area (Å²) >= 11 is 0. The van der Waals surface area contributed by atoms with Crippen molar-refractivity contribution in [2.24, 2.45) is 0 Å². The fraction of sp³-hybridized carbons (Fsp3) is 0.500. The molecular formula is C18H25N3O. The Bertz CT molecular complexity index is 585. The fourth-order valence-corrected chi connectivity index (χ4v) is 3.21. The quantitative estimate of drug-likeness (QED) is 0.922. The molecule has 1 atom stereocenters. The maximum Gasteiger partial charge on any atom is 0.0641 e. The molecule has 1 aromatic carbocycles. The number of hydrogen-bond acceptors (Lipinski definition) is 3. The van der Waals surface area contributed by atoms with Crippen LogP contribution in [0.25, 0.3) is 11.1 Å². The number of piperidine rings is 1. The highest BCUT2D eigenvalue weighted by atomic mass is 16.3. The van der Waals surface area contributed by atoms with Crippen LogP contribution in [0.1, 0.15) is 37.8 Å². The van der Waals surface area contributed by atoms with E-state index in [1.807, 2.05) is 12.4 Å². The molecule has 1 aliphatic rings. The van der Waals surface area contributed by atoms with E-state index >= 15 is 0 Å². The van der Waals surface area contributed by atoms with E-state index in [1.165, 1.54) is 43.5 Å². The van der Waals surface area contributed by atoms with Gasteiger partial charge in [-0.3, -0.25) is 9.58 Å². The molecule has 0 spiro atoms. The summed E-state index contributed by atoms with van der Waals surface area (Å²) < 4.78 is 1.78. The maximum absolute atomic E-state index is 8.96. The molecule has 0 radical (unpaired) electrons. The van der Waals surface area contributed by atoms with Crippen molar-refractivity contribution in [3.63, 3.8) is 0 Å². The van der Waals surface area contributed by atoms with Gasteiger partial charge in [-0.05, 0) is 44.0 Å². The number of aliphatic hydroxyl groups is 1. The lowest BCUT2D eigenvalue weighted by Gasteiger charge is -2.32. The van der Waals surface area contributed by atoms with E-state index in [4.69, 9.17) is 5.11 Å². The molecule has 1 aliphatic heterocycles. The van der Waals surface area contributed by atoms with E-state index in [2.05, 4.69) is 41.2 Å². The number of likely N-dealkylation sites (tertiary alicyclic amines) is 1. The summed E-state index contributed by atoms with van der Waals surface area (Å²) in [5.41, 5.74) is 3.66. The van der Waals surface area contributed by atoms with E-state index in [0.29, 0.717) is 12.6 Å². The Morgan fingerprint density at radius 3 is 2.50 bits per heavy atom. The van der Waals surface area contributed by atoms with Gasteiger partial charge in [0.15, 0.2) is 0 Å². The third-order valence-electron chi connectivity index (χ3n) is 4.63. The van der Waals surface area contributed by atoms with Crippen LogP contribution in [0, 0.1) is 0 Å². The normalized spacial score (nSPS) is 17.5. The van der Waals surface area contributed by atoms with Crippen LogP contribution >= 0.6 is 0 Å². The molecular weight excluding hydrogens is 274 g/mol. The van der Waals surface area contributed by atoms with Gasteiger partial charge in [0.1, 0.15) is 0 Å². The molecule has 0 aliphatic carbocycles. The van der Waals surface area contributed by atoms with Gasteiger partial charge in [0.05, 0.1) is 19.3 Å². The number of rotatable bonds is 5. The number of hydrogen-bond donors (Lipinski definition) is 1. The average molecular weight is 299 g/mol. The van der Waals surface area contributed by atoms with Crippen molar-refractivity contribution < 1.29 is 5.11 Å². The van der Waals surface area contributed by atoms with Crippen LogP contribution in [-0.4, -0.2) is 39.5 Å². The van der Waals surface area contributed by atoms with Gasteiger partial charge in [-0.15, -0.1) is 0 Å². The third-order valence-corrected chi connectivity index (χ3v) is 4.63. The van der Waals surface area contributed by atoms with Gasteiger partial charge in [-0.2, -0.15) is 5.10 Å². The summed E-state index contributed by atoms with van der Waals surface area (Å²) in [6, 6.07) is 9.31. The Hall–Kier alpha value is -1.65. The van der Waals surface area contributed by atoms with Gasteiger partial charge >= 0.3 is 0 Å². The third kappa shape index (κ3) is 3.39. The molecule has 3 rings (SSSR count). The van der Waals surface area contributed by atoms with Crippen LogP contribution in [0.5, 0.6) is 0 Å².